The lowest BCUT2D eigenvalue weighted by Gasteiger charge is -2.40. The molecule has 1 saturated heterocycles. The molecule has 1 aliphatic heterocycles. The second-order valence-electron chi connectivity index (χ2n) is 12.4. The number of quaternary nitrogens is 1. The first kappa shape index (κ1) is 46.6. The van der Waals surface area contributed by atoms with E-state index in [4.69, 9.17) is 32.7 Å². The Kier molecular flexibility index (Phi) is 17.8. The van der Waals surface area contributed by atoms with E-state index in [9.17, 15) is 43.0 Å². The highest BCUT2D eigenvalue weighted by Crippen LogP contribution is 2.48. The zero-order valence-corrected chi connectivity index (χ0v) is 33.1. The van der Waals surface area contributed by atoms with Gasteiger partial charge in [0.05, 0.1) is 39.4 Å². The minimum absolute atomic E-state index is 0.109. The second-order valence-corrected chi connectivity index (χ2v) is 13.7. The number of carbonyl (C=O) groups is 6. The van der Waals surface area contributed by atoms with Crippen LogP contribution in [0.3, 0.4) is 0 Å². The number of amides is 2. The highest BCUT2D eigenvalue weighted by Gasteiger charge is 2.52. The van der Waals surface area contributed by atoms with Gasteiger partial charge in [0.25, 0.3) is 7.82 Å². The number of hydrogen-bond donors (Lipinski definition) is 3. The van der Waals surface area contributed by atoms with Crippen molar-refractivity contribution in [2.75, 3.05) is 38.7 Å². The van der Waals surface area contributed by atoms with Gasteiger partial charge in [-0.1, -0.05) is 6.08 Å². The number of ether oxygens (including phenoxy) is 5. The number of aromatic nitrogens is 2. The smallest absolute Gasteiger partial charge is 0.351 e. The zero-order chi connectivity index (χ0) is 41.7. The van der Waals surface area contributed by atoms with Crippen LogP contribution >= 0.6 is 7.82 Å². The number of hydrogen-bond acceptors (Lipinski definition) is 17. The summed E-state index contributed by atoms with van der Waals surface area (Å²) in [6.07, 6.45) is -4.75. The van der Waals surface area contributed by atoms with E-state index in [1.807, 2.05) is 0 Å². The van der Waals surface area contributed by atoms with E-state index in [0.29, 0.717) is 0 Å². The monoisotopic (exact) mass is 803 g/mol. The van der Waals surface area contributed by atoms with Crippen LogP contribution in [0.2, 0.25) is 0 Å². The Morgan fingerprint density at radius 2 is 1.55 bits per heavy atom. The Morgan fingerprint density at radius 3 is 2.02 bits per heavy atom. The average molecular weight is 804 g/mol. The second kappa shape index (κ2) is 21.0. The number of phosphoric ester groups is 1. The number of esters is 4. The van der Waals surface area contributed by atoms with Gasteiger partial charge >= 0.3 is 29.6 Å². The Hall–Kier alpha value is -4.53. The summed E-state index contributed by atoms with van der Waals surface area (Å²) in [5.74, 6) is -4.96. The Balaban J connectivity index is 0.00000136. The van der Waals surface area contributed by atoms with Gasteiger partial charge < -0.3 is 48.6 Å². The summed E-state index contributed by atoms with van der Waals surface area (Å²) >= 11 is 0. The quantitative estimate of drug-likeness (QED) is 0.0805. The summed E-state index contributed by atoms with van der Waals surface area (Å²) in [4.78, 5) is 103. The lowest BCUT2D eigenvalue weighted by molar-refractivity contribution is -0.894. The summed E-state index contributed by atoms with van der Waals surface area (Å²) in [5.41, 5.74) is -3.42. The summed E-state index contributed by atoms with van der Waals surface area (Å²) in [5, 5.41) is 4.82. The molecule has 0 saturated carbocycles. The molecule has 0 bridgehead atoms. The summed E-state index contributed by atoms with van der Waals surface area (Å²) in [6, 6.07) is 0.265. The van der Waals surface area contributed by atoms with Crippen molar-refractivity contribution in [1.29, 1.82) is 0 Å². The van der Waals surface area contributed by atoms with Gasteiger partial charge in [-0.15, -0.1) is 0 Å². The maximum atomic E-state index is 13.2. The predicted octanol–water partition coefficient (Wildman–Crippen LogP) is -1.30. The molecule has 0 radical (unpaired) electrons. The highest BCUT2D eigenvalue weighted by atomic mass is 31.2. The van der Waals surface area contributed by atoms with Crippen molar-refractivity contribution < 1.29 is 75.9 Å². The fourth-order valence-electron chi connectivity index (χ4n) is 5.72. The molecule has 1 aromatic rings. The molecular formula is C33H50N5O16P. The fraction of sp³-hybridized carbons (Fsp3) is 0.636. The molecule has 3 N–H and O–H groups in total. The molecule has 2 amide bonds. The predicted molar refractivity (Wildman–Crippen MR) is 187 cm³/mol. The maximum Gasteiger partial charge on any atom is 0.351 e. The van der Waals surface area contributed by atoms with Crippen LogP contribution < -0.4 is 26.1 Å². The summed E-state index contributed by atoms with van der Waals surface area (Å²) in [6.45, 7) is 15.0. The molecular weight excluding hydrogens is 753 g/mol. The van der Waals surface area contributed by atoms with Gasteiger partial charge in [-0.05, 0) is 32.9 Å². The molecule has 308 valence electrons. The summed E-state index contributed by atoms with van der Waals surface area (Å²) in [7, 11) is -4.61. The van der Waals surface area contributed by atoms with Gasteiger partial charge in [0.1, 0.15) is 18.0 Å². The van der Waals surface area contributed by atoms with Gasteiger partial charge in [0, 0.05) is 47.2 Å². The van der Waals surface area contributed by atoms with Crippen molar-refractivity contribution >= 4 is 49.3 Å². The van der Waals surface area contributed by atoms with E-state index in [1.165, 1.54) is 45.6 Å². The molecule has 1 fully saturated rings. The molecule has 0 spiro atoms. The first-order valence-corrected chi connectivity index (χ1v) is 18.8. The molecule has 2 heterocycles. The molecule has 22 heteroatoms. The van der Waals surface area contributed by atoms with Crippen molar-refractivity contribution in [2.24, 2.45) is 0 Å². The standard InChI is InChI=1S/C27H35N4O16P.C6H15N/c1-13(32)28-18-7-9-27(25(37)41-6,11-19(18)43-15(3)34)47-48(39,40)42-12-20-22(44-16(4)35)23(45-17(5)36)24(46-20)31-10-8-21(29-14(2)33)30-26(31)38;1-4-7(5-2)6-3/h7-10,18-20,22-24H,11-12H2,1-6H3,(H,28,32)(H,39,40)(H,29,30,33,38);4-6H2,1-3H3/t18-,19+,20+,22+,23+,24+,27-;/m0./s1. The average Bonchev–Trinajstić information content (AvgIpc) is 3.39. The van der Waals surface area contributed by atoms with Gasteiger partial charge in [0.15, 0.2) is 24.0 Å². The number of rotatable bonds is 15. The first-order chi connectivity index (χ1) is 25.7. The largest absolute Gasteiger partial charge is 0.756 e. The lowest BCUT2D eigenvalue weighted by atomic mass is 9.86. The SMILES string of the molecule is CC[NH+](CC)CC.COC(=O)[C@]1(OP(=O)([O-])OC[C@H]2O[C@@H](n3ccc(NC(C)=O)nc3=O)[C@H](OC(C)=O)[C@@H]2OC(C)=O)C=C[C@H](NC(C)=O)[C@H](OC(C)=O)C1. The van der Waals surface area contributed by atoms with Crippen LogP contribution in [0.15, 0.2) is 29.2 Å². The van der Waals surface area contributed by atoms with Crippen molar-refractivity contribution in [2.45, 2.75) is 104 Å². The molecule has 1 aliphatic carbocycles. The van der Waals surface area contributed by atoms with Crippen molar-refractivity contribution in [3.05, 3.63) is 34.9 Å². The number of anilines is 1. The van der Waals surface area contributed by atoms with Gasteiger partial charge in [0.2, 0.25) is 11.8 Å². The van der Waals surface area contributed by atoms with E-state index in [-0.39, 0.29) is 5.82 Å². The maximum absolute atomic E-state index is 13.2. The third-order valence-corrected chi connectivity index (χ3v) is 9.18. The summed E-state index contributed by atoms with van der Waals surface area (Å²) < 4.78 is 50.6. The van der Waals surface area contributed by atoms with E-state index in [0.717, 1.165) is 44.7 Å². The zero-order valence-electron chi connectivity index (χ0n) is 32.2. The minimum atomic E-state index is -5.56. The normalized spacial score (nSPS) is 25.4. The molecule has 1 aromatic heterocycles. The van der Waals surface area contributed by atoms with Crippen LogP contribution in [0.25, 0.3) is 0 Å². The topological polar surface area (TPSA) is 271 Å². The lowest BCUT2D eigenvalue weighted by Crippen LogP contribution is -3.11. The van der Waals surface area contributed by atoms with Gasteiger partial charge in [-0.3, -0.25) is 37.6 Å². The molecule has 55 heavy (non-hydrogen) atoms. The van der Waals surface area contributed by atoms with E-state index < -0.39 is 105 Å². The van der Waals surface area contributed by atoms with Crippen LogP contribution in [0.4, 0.5) is 5.82 Å². The molecule has 1 unspecified atom stereocenters. The van der Waals surface area contributed by atoms with Crippen LogP contribution in [0.5, 0.6) is 0 Å². The van der Waals surface area contributed by atoms with Crippen LogP contribution in [0.1, 0.15) is 68.0 Å². The van der Waals surface area contributed by atoms with Crippen LogP contribution in [-0.2, 0) is 66.1 Å². The molecule has 0 aromatic carbocycles. The van der Waals surface area contributed by atoms with Crippen molar-refractivity contribution in [1.82, 2.24) is 14.9 Å². The molecule has 21 nitrogen and oxygen atoms in total. The first-order valence-electron chi connectivity index (χ1n) is 17.3. The van der Waals surface area contributed by atoms with Crippen molar-refractivity contribution in [3.63, 3.8) is 0 Å². The van der Waals surface area contributed by atoms with E-state index in [1.54, 1.807) is 4.90 Å². The third-order valence-electron chi connectivity index (χ3n) is 8.17. The van der Waals surface area contributed by atoms with Gasteiger partial charge in [-0.25, -0.2) is 9.59 Å². The molecule has 8 atom stereocenters. The third kappa shape index (κ3) is 13.9. The Labute approximate surface area is 317 Å². The van der Waals surface area contributed by atoms with E-state index in [2.05, 4.69) is 36.4 Å². The molecule has 3 rings (SSSR count). The highest BCUT2D eigenvalue weighted by molar-refractivity contribution is 7.46. The number of methoxy groups -OCH3 is 1. The molecule has 2 aliphatic rings. The number of nitrogens with zero attached hydrogens (tertiary/aromatic N) is 2. The van der Waals surface area contributed by atoms with Crippen LogP contribution in [0, 0.1) is 0 Å². The minimum Gasteiger partial charge on any atom is -0.756 e. The van der Waals surface area contributed by atoms with Gasteiger partial charge in [-0.2, -0.15) is 4.98 Å². The van der Waals surface area contributed by atoms with Crippen molar-refractivity contribution in [3.8, 4) is 0 Å². The van der Waals surface area contributed by atoms with Crippen LogP contribution in [-0.4, -0.2) is 115 Å². The number of carbonyl (C=O) groups excluding carboxylic acids is 6. The van der Waals surface area contributed by atoms with E-state index >= 15 is 0 Å². The number of phosphoric acid groups is 1. The number of nitrogens with one attached hydrogen (secondary N) is 3. The Bertz CT molecular complexity index is 1680. The Morgan fingerprint density at radius 1 is 0.964 bits per heavy atom. The fourth-order valence-corrected chi connectivity index (χ4v) is 6.72.